The molecule has 0 spiro atoms. The Kier molecular flexibility index (Phi) is 4.79. The van der Waals surface area contributed by atoms with Crippen LogP contribution < -0.4 is 10.1 Å². The summed E-state index contributed by atoms with van der Waals surface area (Å²) >= 11 is 5.96. The number of benzene rings is 1. The van der Waals surface area contributed by atoms with Crippen LogP contribution in [-0.2, 0) is 0 Å². The number of hydrogen-bond donors (Lipinski definition) is 1. The lowest BCUT2D eigenvalue weighted by Gasteiger charge is -2.30. The zero-order valence-corrected chi connectivity index (χ0v) is 13.7. The molecule has 23 heavy (non-hydrogen) atoms. The molecule has 1 aromatic heterocycles. The Morgan fingerprint density at radius 1 is 1.52 bits per heavy atom. The van der Waals surface area contributed by atoms with Crippen LogP contribution in [0.3, 0.4) is 0 Å². The van der Waals surface area contributed by atoms with Crippen molar-refractivity contribution in [1.82, 2.24) is 20.4 Å². The summed E-state index contributed by atoms with van der Waals surface area (Å²) in [6.45, 7) is 4.42. The first-order valence-electron chi connectivity index (χ1n) is 7.41. The van der Waals surface area contributed by atoms with Gasteiger partial charge in [0.25, 0.3) is 5.89 Å². The van der Waals surface area contributed by atoms with Crippen LogP contribution in [0.25, 0.3) is 0 Å². The van der Waals surface area contributed by atoms with Gasteiger partial charge in [0.1, 0.15) is 11.6 Å². The van der Waals surface area contributed by atoms with Gasteiger partial charge in [0, 0.05) is 19.6 Å². The third kappa shape index (κ3) is 3.63. The topological polar surface area (TPSA) is 63.4 Å². The maximum Gasteiger partial charge on any atom is 0.267 e. The molecule has 0 saturated carbocycles. The summed E-state index contributed by atoms with van der Waals surface area (Å²) in [5.41, 5.74) is 0. The second-order valence-electron chi connectivity index (χ2n) is 5.53. The standard InChI is InChI=1S/C15H18ClFN4O2/c1-9(22-13-4-3-10(17)7-11(13)16)15-19-14(20-23-15)12-8-18-5-6-21(12)2/h3-4,7,9,12,18H,5-6,8H2,1-2H3. The summed E-state index contributed by atoms with van der Waals surface area (Å²) in [4.78, 5) is 6.60. The Bertz CT molecular complexity index is 681. The van der Waals surface area contributed by atoms with Gasteiger partial charge in [-0.15, -0.1) is 0 Å². The van der Waals surface area contributed by atoms with Crippen molar-refractivity contribution in [2.75, 3.05) is 26.7 Å². The van der Waals surface area contributed by atoms with Crippen LogP contribution in [0.2, 0.25) is 5.02 Å². The third-order valence-electron chi connectivity index (χ3n) is 3.81. The normalized spacial score (nSPS) is 20.4. The van der Waals surface area contributed by atoms with Crippen LogP contribution in [0.5, 0.6) is 5.75 Å². The highest BCUT2D eigenvalue weighted by Crippen LogP contribution is 2.29. The molecule has 1 aliphatic rings. The van der Waals surface area contributed by atoms with Crippen LogP contribution in [-0.4, -0.2) is 41.7 Å². The quantitative estimate of drug-likeness (QED) is 0.923. The zero-order valence-electron chi connectivity index (χ0n) is 12.9. The summed E-state index contributed by atoms with van der Waals surface area (Å²) in [7, 11) is 2.03. The van der Waals surface area contributed by atoms with Crippen LogP contribution in [0.15, 0.2) is 22.7 Å². The molecule has 2 atom stereocenters. The van der Waals surface area contributed by atoms with E-state index in [1.54, 1.807) is 6.92 Å². The number of nitrogens with one attached hydrogen (secondary N) is 1. The molecule has 0 bridgehead atoms. The summed E-state index contributed by atoms with van der Waals surface area (Å²) in [5, 5.41) is 7.56. The van der Waals surface area contributed by atoms with Gasteiger partial charge in [-0.05, 0) is 32.2 Å². The molecule has 2 unspecified atom stereocenters. The molecule has 1 aliphatic heterocycles. The van der Waals surface area contributed by atoms with Crippen LogP contribution >= 0.6 is 11.6 Å². The van der Waals surface area contributed by atoms with Crippen molar-refractivity contribution in [2.24, 2.45) is 0 Å². The number of hydrogen-bond acceptors (Lipinski definition) is 6. The molecule has 0 radical (unpaired) electrons. The minimum Gasteiger partial charge on any atom is -0.479 e. The van der Waals surface area contributed by atoms with Gasteiger partial charge < -0.3 is 14.6 Å². The maximum absolute atomic E-state index is 13.1. The van der Waals surface area contributed by atoms with Gasteiger partial charge in [-0.2, -0.15) is 4.98 Å². The van der Waals surface area contributed by atoms with Gasteiger partial charge in [0.05, 0.1) is 11.1 Å². The summed E-state index contributed by atoms with van der Waals surface area (Å²) in [6.07, 6.45) is -0.485. The largest absolute Gasteiger partial charge is 0.479 e. The maximum atomic E-state index is 13.1. The Balaban J connectivity index is 1.71. The number of aromatic nitrogens is 2. The second kappa shape index (κ2) is 6.82. The Morgan fingerprint density at radius 2 is 2.35 bits per heavy atom. The lowest BCUT2D eigenvalue weighted by atomic mass is 10.2. The van der Waals surface area contributed by atoms with E-state index in [2.05, 4.69) is 20.4 Å². The molecule has 2 heterocycles. The number of ether oxygens (including phenoxy) is 1. The van der Waals surface area contributed by atoms with E-state index in [1.165, 1.54) is 18.2 Å². The van der Waals surface area contributed by atoms with E-state index in [9.17, 15) is 4.39 Å². The van der Waals surface area contributed by atoms with Crippen molar-refractivity contribution < 1.29 is 13.7 Å². The minimum absolute atomic E-state index is 0.0721. The lowest BCUT2D eigenvalue weighted by molar-refractivity contribution is 0.173. The predicted molar refractivity (Wildman–Crippen MR) is 83.0 cm³/mol. The van der Waals surface area contributed by atoms with Crippen molar-refractivity contribution in [2.45, 2.75) is 19.1 Å². The molecule has 6 nitrogen and oxygen atoms in total. The SMILES string of the molecule is CC(Oc1ccc(F)cc1Cl)c1nc(C2CNCCN2C)no1. The molecule has 1 saturated heterocycles. The first-order chi connectivity index (χ1) is 11.0. The van der Waals surface area contributed by atoms with Crippen molar-refractivity contribution in [1.29, 1.82) is 0 Å². The molecule has 2 aromatic rings. The molecule has 8 heteroatoms. The van der Waals surface area contributed by atoms with Crippen LogP contribution in [0.1, 0.15) is 30.8 Å². The van der Waals surface area contributed by atoms with Crippen molar-refractivity contribution >= 4 is 11.6 Å². The first kappa shape index (κ1) is 16.2. The van der Waals surface area contributed by atoms with Gasteiger partial charge in [-0.25, -0.2) is 4.39 Å². The summed E-state index contributed by atoms with van der Waals surface area (Å²) in [6, 6.07) is 4.04. The van der Waals surface area contributed by atoms with Gasteiger partial charge >= 0.3 is 0 Å². The van der Waals surface area contributed by atoms with Gasteiger partial charge in [0.2, 0.25) is 0 Å². The highest BCUT2D eigenvalue weighted by atomic mass is 35.5. The smallest absolute Gasteiger partial charge is 0.267 e. The molecule has 1 aromatic carbocycles. The molecular formula is C15H18ClFN4O2. The number of piperazine rings is 1. The Labute approximate surface area is 138 Å². The van der Waals surface area contributed by atoms with Gasteiger partial charge in [0.15, 0.2) is 11.9 Å². The minimum atomic E-state index is -0.485. The molecule has 3 rings (SSSR count). The van der Waals surface area contributed by atoms with E-state index < -0.39 is 11.9 Å². The molecule has 1 N–H and O–H groups in total. The molecule has 0 aliphatic carbocycles. The molecular weight excluding hydrogens is 323 g/mol. The van der Waals surface area contributed by atoms with E-state index in [-0.39, 0.29) is 11.1 Å². The third-order valence-corrected chi connectivity index (χ3v) is 4.11. The average Bonchev–Trinajstić information content (AvgIpc) is 3.00. The number of nitrogens with zero attached hydrogens (tertiary/aromatic N) is 3. The number of halogens is 2. The Hall–Kier alpha value is -1.70. The molecule has 0 amide bonds. The van der Waals surface area contributed by atoms with Crippen LogP contribution in [0, 0.1) is 5.82 Å². The van der Waals surface area contributed by atoms with Gasteiger partial charge in [-0.3, -0.25) is 4.90 Å². The summed E-state index contributed by atoms with van der Waals surface area (Å²) in [5.74, 6) is 0.939. The van der Waals surface area contributed by atoms with E-state index in [0.717, 1.165) is 19.6 Å². The fourth-order valence-corrected chi connectivity index (χ4v) is 2.67. The average molecular weight is 341 g/mol. The van der Waals surface area contributed by atoms with E-state index >= 15 is 0 Å². The number of rotatable bonds is 4. The van der Waals surface area contributed by atoms with Crippen molar-refractivity contribution in [3.05, 3.63) is 40.8 Å². The molecule has 1 fully saturated rings. The van der Waals surface area contributed by atoms with Gasteiger partial charge in [-0.1, -0.05) is 16.8 Å². The fraction of sp³-hybridized carbons (Fsp3) is 0.467. The van der Waals surface area contributed by atoms with E-state index in [1.807, 2.05) is 7.05 Å². The predicted octanol–water partition coefficient (Wildman–Crippen LogP) is 2.58. The van der Waals surface area contributed by atoms with E-state index in [0.29, 0.717) is 17.5 Å². The highest BCUT2D eigenvalue weighted by molar-refractivity contribution is 6.32. The second-order valence-corrected chi connectivity index (χ2v) is 5.93. The lowest BCUT2D eigenvalue weighted by Crippen LogP contribution is -2.44. The number of likely N-dealkylation sites (N-methyl/N-ethyl adjacent to an activating group) is 1. The fourth-order valence-electron chi connectivity index (χ4n) is 2.45. The van der Waals surface area contributed by atoms with E-state index in [4.69, 9.17) is 20.9 Å². The van der Waals surface area contributed by atoms with Crippen molar-refractivity contribution in [3.63, 3.8) is 0 Å². The highest BCUT2D eigenvalue weighted by Gasteiger charge is 2.27. The first-order valence-corrected chi connectivity index (χ1v) is 7.78. The molecule has 124 valence electrons. The van der Waals surface area contributed by atoms with Crippen LogP contribution in [0.4, 0.5) is 4.39 Å². The zero-order chi connectivity index (χ0) is 16.4. The summed E-state index contributed by atoms with van der Waals surface area (Å²) < 4.78 is 24.1. The monoisotopic (exact) mass is 340 g/mol. The van der Waals surface area contributed by atoms with Crippen molar-refractivity contribution in [3.8, 4) is 5.75 Å². The Morgan fingerprint density at radius 3 is 3.09 bits per heavy atom.